The van der Waals surface area contributed by atoms with Gasteiger partial charge in [-0.25, -0.2) is 4.98 Å². The van der Waals surface area contributed by atoms with Crippen LogP contribution in [0.3, 0.4) is 0 Å². The summed E-state index contributed by atoms with van der Waals surface area (Å²) in [5, 5.41) is 16.1. The van der Waals surface area contributed by atoms with Crippen molar-refractivity contribution >= 4 is 18.4 Å². The Morgan fingerprint density at radius 2 is 2.04 bits per heavy atom. The molecule has 122 valence electrons. The number of nitriles is 1. The largest absolute Gasteiger partial charge is 0.496 e. The van der Waals surface area contributed by atoms with Gasteiger partial charge in [-0.2, -0.15) is 5.26 Å². The van der Waals surface area contributed by atoms with Gasteiger partial charge in [0.2, 0.25) is 0 Å². The second-order valence-corrected chi connectivity index (χ2v) is 7.20. The molecule has 2 saturated heterocycles. The molecule has 0 aliphatic carbocycles. The molecule has 3 rings (SSSR count). The van der Waals surface area contributed by atoms with E-state index in [2.05, 4.69) is 21.7 Å². The molecular formula is C16H23BN4O2. The van der Waals surface area contributed by atoms with Gasteiger partial charge in [0.15, 0.2) is 0 Å². The molecule has 2 aliphatic heterocycles. The molecule has 23 heavy (non-hydrogen) atoms. The Labute approximate surface area is 137 Å². The highest BCUT2D eigenvalue weighted by Gasteiger charge is 2.51. The van der Waals surface area contributed by atoms with Gasteiger partial charge < -0.3 is 19.9 Å². The third-order valence-corrected chi connectivity index (χ3v) is 4.96. The highest BCUT2D eigenvalue weighted by molar-refractivity contribution is 6.62. The molecule has 1 aromatic rings. The lowest BCUT2D eigenvalue weighted by molar-refractivity contribution is 0.00578. The van der Waals surface area contributed by atoms with Crippen molar-refractivity contribution in [3.63, 3.8) is 0 Å². The van der Waals surface area contributed by atoms with Crippen LogP contribution in [0.5, 0.6) is 0 Å². The van der Waals surface area contributed by atoms with Crippen LogP contribution in [0.25, 0.3) is 0 Å². The van der Waals surface area contributed by atoms with E-state index in [9.17, 15) is 5.26 Å². The fourth-order valence-electron chi connectivity index (χ4n) is 2.76. The van der Waals surface area contributed by atoms with Crippen LogP contribution in [0.1, 0.15) is 39.7 Å². The van der Waals surface area contributed by atoms with Crippen LogP contribution in [0.2, 0.25) is 0 Å². The Morgan fingerprint density at radius 3 is 2.61 bits per heavy atom. The first-order chi connectivity index (χ1) is 10.8. The van der Waals surface area contributed by atoms with Crippen molar-refractivity contribution in [1.82, 2.24) is 10.3 Å². The molecule has 0 bridgehead atoms. The van der Waals surface area contributed by atoms with Gasteiger partial charge in [0, 0.05) is 24.2 Å². The Bertz CT molecular complexity index is 619. The first-order valence-corrected chi connectivity index (χ1v) is 8.05. The summed E-state index contributed by atoms with van der Waals surface area (Å²) in [5.74, 6) is 0.626. The summed E-state index contributed by atoms with van der Waals surface area (Å²) in [7, 11) is -0.498. The van der Waals surface area contributed by atoms with Gasteiger partial charge in [0.1, 0.15) is 11.9 Å². The van der Waals surface area contributed by atoms with Crippen molar-refractivity contribution in [3.8, 4) is 6.07 Å². The fourth-order valence-corrected chi connectivity index (χ4v) is 2.76. The fraction of sp³-hybridized carbons (Fsp3) is 0.625. The van der Waals surface area contributed by atoms with Gasteiger partial charge in [0.25, 0.3) is 0 Å². The maximum absolute atomic E-state index is 9.44. The lowest BCUT2D eigenvalue weighted by atomic mass is 9.79. The van der Waals surface area contributed by atoms with Crippen molar-refractivity contribution in [2.45, 2.75) is 51.4 Å². The molecule has 2 fully saturated rings. The van der Waals surface area contributed by atoms with E-state index in [-0.39, 0.29) is 0 Å². The molecule has 0 radical (unpaired) electrons. The summed E-state index contributed by atoms with van der Waals surface area (Å²) in [5.41, 5.74) is 0.479. The standard InChI is InChI=1S/C16H23BN4O2/c1-15(2)16(3,4)23-17(22-15)12-7-11(8-18)14(20-9-12)21-13-5-6-19-10-13/h7,9,13,19H,5-6,10H2,1-4H3,(H,20,21)/t13-/m1/s1. The minimum atomic E-state index is -0.498. The van der Waals surface area contributed by atoms with Crippen LogP contribution >= 0.6 is 0 Å². The average molecular weight is 314 g/mol. The van der Waals surface area contributed by atoms with Crippen molar-refractivity contribution in [2.75, 3.05) is 18.4 Å². The smallest absolute Gasteiger partial charge is 0.399 e. The molecule has 0 spiro atoms. The van der Waals surface area contributed by atoms with Crippen LogP contribution in [0, 0.1) is 11.3 Å². The number of aromatic nitrogens is 1. The monoisotopic (exact) mass is 314 g/mol. The van der Waals surface area contributed by atoms with Crippen molar-refractivity contribution in [3.05, 3.63) is 17.8 Å². The van der Waals surface area contributed by atoms with Crippen LogP contribution in [-0.4, -0.2) is 42.4 Å². The summed E-state index contributed by atoms with van der Waals surface area (Å²) in [6, 6.07) is 4.34. The van der Waals surface area contributed by atoms with E-state index < -0.39 is 18.3 Å². The third-order valence-electron chi connectivity index (χ3n) is 4.96. The summed E-state index contributed by atoms with van der Waals surface area (Å²) in [6.45, 7) is 9.92. The number of anilines is 1. The van der Waals surface area contributed by atoms with E-state index in [1.165, 1.54) is 0 Å². The summed E-state index contributed by atoms with van der Waals surface area (Å²) in [6.07, 6.45) is 2.76. The molecule has 3 heterocycles. The quantitative estimate of drug-likeness (QED) is 0.811. The number of pyridine rings is 1. The molecule has 1 atom stereocenters. The molecule has 2 aliphatic rings. The first-order valence-electron chi connectivity index (χ1n) is 8.05. The Morgan fingerprint density at radius 1 is 1.35 bits per heavy atom. The predicted octanol–water partition coefficient (Wildman–Crippen LogP) is 1.03. The Balaban J connectivity index is 1.81. The molecule has 0 aromatic carbocycles. The zero-order chi connectivity index (χ0) is 16.7. The maximum atomic E-state index is 9.44. The van der Waals surface area contributed by atoms with E-state index >= 15 is 0 Å². The normalized spacial score (nSPS) is 25.3. The summed E-state index contributed by atoms with van der Waals surface area (Å²) < 4.78 is 12.0. The van der Waals surface area contributed by atoms with Gasteiger partial charge in [-0.1, -0.05) is 0 Å². The molecule has 0 amide bonds. The van der Waals surface area contributed by atoms with E-state index in [1.54, 1.807) is 12.3 Å². The summed E-state index contributed by atoms with van der Waals surface area (Å²) in [4.78, 5) is 4.43. The number of nitrogens with one attached hydrogen (secondary N) is 2. The van der Waals surface area contributed by atoms with Crippen LogP contribution in [0.4, 0.5) is 5.82 Å². The predicted molar refractivity (Wildman–Crippen MR) is 89.6 cm³/mol. The first kappa shape index (κ1) is 16.3. The number of hydrogen-bond acceptors (Lipinski definition) is 6. The molecule has 1 aromatic heterocycles. The zero-order valence-electron chi connectivity index (χ0n) is 14.1. The third kappa shape index (κ3) is 3.07. The minimum absolute atomic E-state index is 0.317. The highest BCUT2D eigenvalue weighted by Crippen LogP contribution is 2.36. The van der Waals surface area contributed by atoms with Crippen LogP contribution in [-0.2, 0) is 9.31 Å². The summed E-state index contributed by atoms with van der Waals surface area (Å²) >= 11 is 0. The second kappa shape index (κ2) is 5.79. The lowest BCUT2D eigenvalue weighted by Crippen LogP contribution is -2.41. The molecule has 7 heteroatoms. The van der Waals surface area contributed by atoms with Crippen molar-refractivity contribution < 1.29 is 9.31 Å². The molecule has 6 nitrogen and oxygen atoms in total. The Kier molecular flexibility index (Phi) is 4.09. The molecule has 0 saturated carbocycles. The van der Waals surface area contributed by atoms with Gasteiger partial charge in [-0.05, 0) is 46.7 Å². The van der Waals surface area contributed by atoms with Gasteiger partial charge in [-0.3, -0.25) is 0 Å². The second-order valence-electron chi connectivity index (χ2n) is 7.20. The molecular weight excluding hydrogens is 291 g/mol. The zero-order valence-corrected chi connectivity index (χ0v) is 14.1. The minimum Gasteiger partial charge on any atom is -0.399 e. The molecule has 2 N–H and O–H groups in total. The SMILES string of the molecule is CC1(C)OB(c2cnc(N[C@@H]3CCNC3)c(C#N)c2)OC1(C)C. The number of hydrogen-bond donors (Lipinski definition) is 2. The van der Waals surface area contributed by atoms with E-state index in [0.29, 0.717) is 17.4 Å². The topological polar surface area (TPSA) is 79.2 Å². The van der Waals surface area contributed by atoms with E-state index in [0.717, 1.165) is 25.0 Å². The number of rotatable bonds is 3. The van der Waals surface area contributed by atoms with Crippen molar-refractivity contribution in [2.24, 2.45) is 0 Å². The van der Waals surface area contributed by atoms with Crippen LogP contribution < -0.4 is 16.1 Å². The number of nitrogens with zero attached hydrogens (tertiary/aromatic N) is 2. The highest BCUT2D eigenvalue weighted by atomic mass is 16.7. The average Bonchev–Trinajstić information content (AvgIpc) is 3.06. The van der Waals surface area contributed by atoms with E-state index in [4.69, 9.17) is 9.31 Å². The van der Waals surface area contributed by atoms with Gasteiger partial charge in [-0.15, -0.1) is 0 Å². The van der Waals surface area contributed by atoms with E-state index in [1.807, 2.05) is 27.7 Å². The molecule has 0 unspecified atom stereocenters. The maximum Gasteiger partial charge on any atom is 0.496 e. The lowest BCUT2D eigenvalue weighted by Gasteiger charge is -2.32. The van der Waals surface area contributed by atoms with Crippen LogP contribution in [0.15, 0.2) is 12.3 Å². The van der Waals surface area contributed by atoms with Crippen molar-refractivity contribution in [1.29, 1.82) is 5.26 Å². The van der Waals surface area contributed by atoms with Gasteiger partial charge in [0.05, 0.1) is 16.8 Å². The van der Waals surface area contributed by atoms with Gasteiger partial charge >= 0.3 is 7.12 Å². The Hall–Kier alpha value is -1.62.